The smallest absolute Gasteiger partial charge is 0.189 e. The molecule has 2 aromatic rings. The molecule has 0 saturated carbocycles. The molecular weight excluding hydrogens is 336 g/mol. The lowest BCUT2D eigenvalue weighted by Gasteiger charge is -2.18. The van der Waals surface area contributed by atoms with E-state index < -0.39 is 30.4 Å². The molecule has 6 nitrogen and oxygen atoms in total. The minimum atomic E-state index is -1.36. The van der Waals surface area contributed by atoms with Gasteiger partial charge in [0.1, 0.15) is 24.9 Å². The number of aliphatic hydroxyl groups is 2. The normalized spacial score (nSPS) is 25.3. The zero-order valence-corrected chi connectivity index (χ0v) is 14.2. The monoisotopic (exact) mass is 358 g/mol. The predicted molar refractivity (Wildman–Crippen MR) is 93.0 cm³/mol. The largest absolute Gasteiger partial charge is 0.387 e. The number of aliphatic hydroxyl groups excluding tert-OH is 2. The van der Waals surface area contributed by atoms with Gasteiger partial charge >= 0.3 is 0 Å². The van der Waals surface area contributed by atoms with E-state index in [1.54, 1.807) is 0 Å². The minimum Gasteiger partial charge on any atom is -0.387 e. The fraction of sp³-hybridized carbons (Fsp3) is 0.350. The molecule has 0 amide bonds. The molecule has 0 bridgehead atoms. The van der Waals surface area contributed by atoms with Gasteiger partial charge in [-0.15, -0.1) is 0 Å². The lowest BCUT2D eigenvalue weighted by molar-refractivity contribution is -0.158. The van der Waals surface area contributed by atoms with Crippen molar-refractivity contribution in [3.63, 3.8) is 0 Å². The molecule has 0 radical (unpaired) electrons. The fourth-order valence-electron chi connectivity index (χ4n) is 2.79. The van der Waals surface area contributed by atoms with Crippen LogP contribution in [0.4, 0.5) is 0 Å². The van der Waals surface area contributed by atoms with Crippen molar-refractivity contribution in [2.45, 2.75) is 37.8 Å². The first kappa shape index (κ1) is 18.7. The van der Waals surface area contributed by atoms with Gasteiger partial charge in [0.2, 0.25) is 0 Å². The summed E-state index contributed by atoms with van der Waals surface area (Å²) in [6.07, 6.45) is -4.77. The zero-order chi connectivity index (χ0) is 18.4. The molecule has 1 heterocycles. The molecule has 0 aliphatic carbocycles. The van der Waals surface area contributed by atoms with E-state index in [0.29, 0.717) is 0 Å². The second kappa shape index (κ2) is 9.02. The minimum absolute atomic E-state index is 0.203. The summed E-state index contributed by atoms with van der Waals surface area (Å²) in [6, 6.07) is 18.8. The first-order valence-corrected chi connectivity index (χ1v) is 8.46. The first-order valence-electron chi connectivity index (χ1n) is 8.46. The number of Topliss-reactive ketones (excluding diaryl/α,β-unsaturated/α-hetero) is 1. The van der Waals surface area contributed by atoms with Crippen molar-refractivity contribution in [1.82, 2.24) is 0 Å². The summed E-state index contributed by atoms with van der Waals surface area (Å²) in [7, 11) is 0. The van der Waals surface area contributed by atoms with Crippen LogP contribution in [0, 0.1) is 0 Å². The molecule has 2 aromatic carbocycles. The molecule has 6 heteroatoms. The Morgan fingerprint density at radius 1 is 0.923 bits per heavy atom. The van der Waals surface area contributed by atoms with Gasteiger partial charge < -0.3 is 24.4 Å². The number of rotatable bonds is 8. The number of hydrogen-bond donors (Lipinski definition) is 2. The van der Waals surface area contributed by atoms with Crippen molar-refractivity contribution in [2.75, 3.05) is 6.61 Å². The van der Waals surface area contributed by atoms with Gasteiger partial charge in [0.15, 0.2) is 12.1 Å². The third-order valence-electron chi connectivity index (χ3n) is 4.17. The summed E-state index contributed by atoms with van der Waals surface area (Å²) in [4.78, 5) is 12.2. The maximum absolute atomic E-state index is 12.2. The first-order chi connectivity index (χ1) is 12.6. The Morgan fingerprint density at radius 3 is 2.12 bits per heavy atom. The van der Waals surface area contributed by atoms with E-state index in [9.17, 15) is 15.0 Å². The number of ether oxygens (including phenoxy) is 3. The number of carbonyl (C=O) groups excluding carboxylic acids is 1. The Bertz CT molecular complexity index is 690. The van der Waals surface area contributed by atoms with Crippen LogP contribution in [0.15, 0.2) is 60.7 Å². The highest BCUT2D eigenvalue weighted by molar-refractivity contribution is 5.85. The van der Waals surface area contributed by atoms with Crippen LogP contribution in [-0.4, -0.2) is 47.2 Å². The van der Waals surface area contributed by atoms with E-state index in [-0.39, 0.29) is 19.8 Å². The Balaban J connectivity index is 1.48. The van der Waals surface area contributed by atoms with Crippen molar-refractivity contribution in [3.05, 3.63) is 71.8 Å². The van der Waals surface area contributed by atoms with Crippen LogP contribution in [0.1, 0.15) is 11.1 Å². The summed E-state index contributed by atoms with van der Waals surface area (Å²) in [5, 5.41) is 20.3. The molecule has 1 saturated heterocycles. The van der Waals surface area contributed by atoms with E-state index in [1.165, 1.54) is 0 Å². The number of carbonyl (C=O) groups is 1. The summed E-state index contributed by atoms with van der Waals surface area (Å²) in [6.45, 7) is 0.273. The molecular formula is C20H22O6. The fourth-order valence-corrected chi connectivity index (χ4v) is 2.79. The SMILES string of the molecule is O=C(COCc1ccccc1)[C@H]1OC(O)[C@@H](OCc2ccccc2)[C@H]1O. The summed E-state index contributed by atoms with van der Waals surface area (Å²) < 4.78 is 16.1. The topological polar surface area (TPSA) is 85.2 Å². The highest BCUT2D eigenvalue weighted by atomic mass is 16.7. The van der Waals surface area contributed by atoms with E-state index in [2.05, 4.69) is 0 Å². The summed E-state index contributed by atoms with van der Waals surface area (Å²) in [5.41, 5.74) is 1.84. The molecule has 1 aliphatic rings. The Kier molecular flexibility index (Phi) is 6.49. The molecule has 0 spiro atoms. The van der Waals surface area contributed by atoms with Crippen LogP contribution in [0.3, 0.4) is 0 Å². The molecule has 1 aliphatic heterocycles. The van der Waals surface area contributed by atoms with Crippen molar-refractivity contribution in [2.24, 2.45) is 0 Å². The van der Waals surface area contributed by atoms with Gasteiger partial charge in [-0.2, -0.15) is 0 Å². The van der Waals surface area contributed by atoms with E-state index in [0.717, 1.165) is 11.1 Å². The lowest BCUT2D eigenvalue weighted by atomic mass is 10.1. The van der Waals surface area contributed by atoms with Gasteiger partial charge in [0, 0.05) is 0 Å². The van der Waals surface area contributed by atoms with E-state index in [1.807, 2.05) is 60.7 Å². The third-order valence-corrected chi connectivity index (χ3v) is 4.17. The van der Waals surface area contributed by atoms with Crippen molar-refractivity contribution < 1.29 is 29.2 Å². The number of ketones is 1. The zero-order valence-electron chi connectivity index (χ0n) is 14.2. The molecule has 2 N–H and O–H groups in total. The van der Waals surface area contributed by atoms with Crippen molar-refractivity contribution >= 4 is 5.78 Å². The van der Waals surface area contributed by atoms with Gasteiger partial charge in [-0.3, -0.25) is 4.79 Å². The van der Waals surface area contributed by atoms with Crippen LogP contribution in [0.5, 0.6) is 0 Å². The van der Waals surface area contributed by atoms with E-state index >= 15 is 0 Å². The Labute approximate surface area is 151 Å². The summed E-state index contributed by atoms with van der Waals surface area (Å²) >= 11 is 0. The Hall–Kier alpha value is -2.09. The van der Waals surface area contributed by atoms with Gasteiger partial charge in [0.25, 0.3) is 0 Å². The lowest BCUT2D eigenvalue weighted by Crippen LogP contribution is -2.39. The van der Waals surface area contributed by atoms with Crippen LogP contribution >= 0.6 is 0 Å². The summed E-state index contributed by atoms with van der Waals surface area (Å²) in [5.74, 6) is -0.432. The van der Waals surface area contributed by atoms with Gasteiger partial charge in [-0.25, -0.2) is 0 Å². The number of hydrogen-bond acceptors (Lipinski definition) is 6. The standard InChI is InChI=1S/C20H22O6/c21-16(13-24-11-14-7-3-1-4-8-14)18-17(22)19(20(23)26-18)25-12-15-9-5-2-6-10-15/h1-10,17-20,22-23H,11-13H2/t17-,18+,19-,20?/m0/s1. The van der Waals surface area contributed by atoms with Crippen LogP contribution in [0.25, 0.3) is 0 Å². The molecule has 1 fully saturated rings. The maximum atomic E-state index is 12.2. The van der Waals surface area contributed by atoms with E-state index in [4.69, 9.17) is 14.2 Å². The van der Waals surface area contributed by atoms with Crippen molar-refractivity contribution in [3.8, 4) is 0 Å². The second-order valence-electron chi connectivity index (χ2n) is 6.14. The maximum Gasteiger partial charge on any atom is 0.189 e. The molecule has 4 atom stereocenters. The molecule has 138 valence electrons. The van der Waals surface area contributed by atoms with Gasteiger partial charge in [0.05, 0.1) is 13.2 Å². The van der Waals surface area contributed by atoms with Gasteiger partial charge in [-0.05, 0) is 11.1 Å². The highest BCUT2D eigenvalue weighted by Gasteiger charge is 2.47. The highest BCUT2D eigenvalue weighted by Crippen LogP contribution is 2.24. The molecule has 26 heavy (non-hydrogen) atoms. The molecule has 3 rings (SSSR count). The van der Waals surface area contributed by atoms with Crippen LogP contribution in [-0.2, 0) is 32.2 Å². The Morgan fingerprint density at radius 2 is 1.50 bits per heavy atom. The molecule has 0 aromatic heterocycles. The average Bonchev–Trinajstić information content (AvgIpc) is 2.95. The predicted octanol–water partition coefficient (Wildman–Crippen LogP) is 1.44. The number of benzene rings is 2. The average molecular weight is 358 g/mol. The molecule has 1 unspecified atom stereocenters. The van der Waals surface area contributed by atoms with Crippen molar-refractivity contribution in [1.29, 1.82) is 0 Å². The van der Waals surface area contributed by atoms with Crippen LogP contribution in [0.2, 0.25) is 0 Å². The third kappa shape index (κ3) is 4.75. The van der Waals surface area contributed by atoms with Crippen LogP contribution < -0.4 is 0 Å². The van der Waals surface area contributed by atoms with Gasteiger partial charge in [-0.1, -0.05) is 60.7 Å². The second-order valence-corrected chi connectivity index (χ2v) is 6.14. The quantitative estimate of drug-likeness (QED) is 0.743.